The lowest BCUT2D eigenvalue weighted by Crippen LogP contribution is -2.15. The fraction of sp³-hybridized carbons (Fsp3) is 0.235. The molecule has 2 aromatic carbocycles. The summed E-state index contributed by atoms with van der Waals surface area (Å²) in [5.74, 6) is 0.0498. The van der Waals surface area contributed by atoms with Crippen LogP contribution in [0, 0.1) is 0 Å². The van der Waals surface area contributed by atoms with Crippen molar-refractivity contribution in [2.24, 2.45) is 0 Å². The third-order valence-electron chi connectivity index (χ3n) is 3.85. The maximum atomic E-state index is 12.4. The number of hydrogen-bond donors (Lipinski definition) is 0. The standard InChI is InChI=1S/C17H13BrO3/c18-12-8-4-7-11(9-12)15-17(21-15)13(19)16-14(20-16)10-5-2-1-3-6-10/h1-9,14-17H/t14-,15-,16+,17+/m0/s1. The van der Waals surface area contributed by atoms with Crippen LogP contribution in [0.15, 0.2) is 59.1 Å². The van der Waals surface area contributed by atoms with E-state index in [1.807, 2.05) is 54.6 Å². The Morgan fingerprint density at radius 3 is 2.14 bits per heavy atom. The molecule has 106 valence electrons. The molecule has 0 spiro atoms. The van der Waals surface area contributed by atoms with Gasteiger partial charge < -0.3 is 9.47 Å². The predicted octanol–water partition coefficient (Wildman–Crippen LogP) is 3.60. The van der Waals surface area contributed by atoms with E-state index in [1.54, 1.807) is 0 Å². The van der Waals surface area contributed by atoms with Gasteiger partial charge >= 0.3 is 0 Å². The van der Waals surface area contributed by atoms with Gasteiger partial charge in [-0.25, -0.2) is 0 Å². The van der Waals surface area contributed by atoms with E-state index >= 15 is 0 Å². The highest BCUT2D eigenvalue weighted by atomic mass is 79.9. The highest BCUT2D eigenvalue weighted by Gasteiger charge is 2.56. The Morgan fingerprint density at radius 2 is 1.48 bits per heavy atom. The summed E-state index contributed by atoms with van der Waals surface area (Å²) in [5.41, 5.74) is 2.08. The molecule has 2 aliphatic rings. The number of carbonyl (C=O) groups is 1. The number of ether oxygens (including phenoxy) is 2. The van der Waals surface area contributed by atoms with E-state index in [1.165, 1.54) is 0 Å². The highest BCUT2D eigenvalue weighted by molar-refractivity contribution is 9.10. The van der Waals surface area contributed by atoms with Gasteiger partial charge in [-0.15, -0.1) is 0 Å². The van der Waals surface area contributed by atoms with Gasteiger partial charge in [0.05, 0.1) is 0 Å². The molecule has 0 amide bonds. The molecule has 0 bridgehead atoms. The quantitative estimate of drug-likeness (QED) is 0.796. The molecule has 0 aliphatic carbocycles. The van der Waals surface area contributed by atoms with Crippen molar-refractivity contribution in [3.05, 3.63) is 70.2 Å². The molecule has 4 atom stereocenters. The number of ketones is 1. The number of benzene rings is 2. The molecule has 2 heterocycles. The van der Waals surface area contributed by atoms with Crippen molar-refractivity contribution in [2.75, 3.05) is 0 Å². The smallest absolute Gasteiger partial charge is 0.196 e. The second-order valence-electron chi connectivity index (χ2n) is 5.32. The average Bonchev–Trinajstić information content (AvgIpc) is 3.39. The van der Waals surface area contributed by atoms with Crippen molar-refractivity contribution < 1.29 is 14.3 Å². The van der Waals surface area contributed by atoms with E-state index < -0.39 is 0 Å². The summed E-state index contributed by atoms with van der Waals surface area (Å²) in [6, 6.07) is 17.7. The largest absolute Gasteiger partial charge is 0.356 e. The van der Waals surface area contributed by atoms with Crippen LogP contribution in [0.25, 0.3) is 0 Å². The van der Waals surface area contributed by atoms with Gasteiger partial charge in [-0.05, 0) is 23.3 Å². The van der Waals surface area contributed by atoms with Crippen LogP contribution in [0.2, 0.25) is 0 Å². The molecule has 4 rings (SSSR count). The molecule has 2 fully saturated rings. The third kappa shape index (κ3) is 2.55. The number of rotatable bonds is 4. The Hall–Kier alpha value is -1.49. The monoisotopic (exact) mass is 344 g/mol. The fourth-order valence-corrected chi connectivity index (χ4v) is 3.07. The number of halogens is 1. The summed E-state index contributed by atoms with van der Waals surface area (Å²) >= 11 is 3.43. The fourth-order valence-electron chi connectivity index (χ4n) is 2.65. The van der Waals surface area contributed by atoms with Crippen molar-refractivity contribution in [1.29, 1.82) is 0 Å². The summed E-state index contributed by atoms with van der Waals surface area (Å²) in [6.07, 6.45) is -0.950. The maximum Gasteiger partial charge on any atom is 0.196 e. The van der Waals surface area contributed by atoms with Gasteiger partial charge in [0.1, 0.15) is 24.4 Å². The van der Waals surface area contributed by atoms with Crippen molar-refractivity contribution in [1.82, 2.24) is 0 Å². The van der Waals surface area contributed by atoms with E-state index in [9.17, 15) is 4.79 Å². The Kier molecular flexibility index (Phi) is 3.17. The van der Waals surface area contributed by atoms with Gasteiger partial charge in [0.2, 0.25) is 0 Å². The first-order chi connectivity index (χ1) is 10.2. The van der Waals surface area contributed by atoms with Gasteiger partial charge in [0.15, 0.2) is 5.78 Å². The zero-order valence-corrected chi connectivity index (χ0v) is 12.7. The van der Waals surface area contributed by atoms with Crippen LogP contribution < -0.4 is 0 Å². The highest BCUT2D eigenvalue weighted by Crippen LogP contribution is 2.47. The minimum absolute atomic E-state index is 0.0498. The Labute approximate surface area is 131 Å². The first kappa shape index (κ1) is 13.2. The van der Waals surface area contributed by atoms with E-state index in [0.29, 0.717) is 0 Å². The van der Waals surface area contributed by atoms with Crippen molar-refractivity contribution >= 4 is 21.7 Å². The molecule has 2 saturated heterocycles. The van der Waals surface area contributed by atoms with E-state index in [4.69, 9.17) is 9.47 Å². The van der Waals surface area contributed by atoms with Gasteiger partial charge in [0, 0.05) is 4.47 Å². The molecular formula is C17H13BrO3. The Bertz CT molecular complexity index is 685. The van der Waals surface area contributed by atoms with E-state index in [-0.39, 0.29) is 30.2 Å². The Morgan fingerprint density at radius 1 is 0.857 bits per heavy atom. The van der Waals surface area contributed by atoms with Crippen LogP contribution in [0.3, 0.4) is 0 Å². The molecule has 0 saturated carbocycles. The lowest BCUT2D eigenvalue weighted by atomic mass is 10.0. The van der Waals surface area contributed by atoms with Crippen LogP contribution in [-0.4, -0.2) is 18.0 Å². The first-order valence-corrected chi connectivity index (χ1v) is 7.68. The third-order valence-corrected chi connectivity index (χ3v) is 4.34. The Balaban J connectivity index is 1.42. The average molecular weight is 345 g/mol. The number of hydrogen-bond acceptors (Lipinski definition) is 3. The zero-order valence-electron chi connectivity index (χ0n) is 11.1. The number of Topliss-reactive ketones (excluding diaryl/α,β-unsaturated/α-hetero) is 1. The summed E-state index contributed by atoms with van der Waals surface area (Å²) < 4.78 is 12.1. The molecule has 2 aliphatic heterocycles. The number of epoxide rings is 2. The number of carbonyl (C=O) groups excluding carboxylic acids is 1. The van der Waals surface area contributed by atoms with Crippen LogP contribution in [0.1, 0.15) is 23.3 Å². The molecule has 0 unspecified atom stereocenters. The van der Waals surface area contributed by atoms with Gasteiger partial charge in [-0.1, -0.05) is 58.4 Å². The molecule has 2 aromatic rings. The van der Waals surface area contributed by atoms with Crippen LogP contribution in [-0.2, 0) is 14.3 Å². The van der Waals surface area contributed by atoms with Crippen molar-refractivity contribution in [3.8, 4) is 0 Å². The second-order valence-corrected chi connectivity index (χ2v) is 6.24. The lowest BCUT2D eigenvalue weighted by molar-refractivity contribution is -0.121. The topological polar surface area (TPSA) is 42.1 Å². The molecule has 21 heavy (non-hydrogen) atoms. The normalized spacial score (nSPS) is 30.0. The molecule has 0 N–H and O–H groups in total. The molecular weight excluding hydrogens is 332 g/mol. The summed E-state index contributed by atoms with van der Waals surface area (Å²) in [7, 11) is 0. The molecule has 4 heteroatoms. The summed E-state index contributed by atoms with van der Waals surface area (Å²) in [6.45, 7) is 0. The van der Waals surface area contributed by atoms with Crippen LogP contribution in [0.5, 0.6) is 0 Å². The minimum Gasteiger partial charge on any atom is -0.356 e. The summed E-state index contributed by atoms with van der Waals surface area (Å²) in [4.78, 5) is 12.4. The first-order valence-electron chi connectivity index (χ1n) is 6.89. The minimum atomic E-state index is -0.363. The lowest BCUT2D eigenvalue weighted by Gasteiger charge is -1.96. The second kappa shape index (κ2) is 5.05. The molecule has 0 radical (unpaired) electrons. The molecule has 3 nitrogen and oxygen atoms in total. The van der Waals surface area contributed by atoms with Gasteiger partial charge in [-0.3, -0.25) is 4.79 Å². The molecule has 0 aromatic heterocycles. The van der Waals surface area contributed by atoms with Gasteiger partial charge in [0.25, 0.3) is 0 Å². The van der Waals surface area contributed by atoms with Crippen LogP contribution >= 0.6 is 15.9 Å². The van der Waals surface area contributed by atoms with Crippen LogP contribution in [0.4, 0.5) is 0 Å². The van der Waals surface area contributed by atoms with E-state index in [0.717, 1.165) is 15.6 Å². The van der Waals surface area contributed by atoms with Crippen molar-refractivity contribution in [3.63, 3.8) is 0 Å². The maximum absolute atomic E-state index is 12.4. The van der Waals surface area contributed by atoms with E-state index in [2.05, 4.69) is 15.9 Å². The SMILES string of the molecule is O=C([C@H]1O[C@H]1c1ccccc1)[C@H]1O[C@H]1c1cccc(Br)c1. The predicted molar refractivity (Wildman–Crippen MR) is 80.8 cm³/mol. The van der Waals surface area contributed by atoms with Crippen molar-refractivity contribution in [2.45, 2.75) is 24.4 Å². The zero-order chi connectivity index (χ0) is 14.4. The summed E-state index contributed by atoms with van der Waals surface area (Å²) in [5, 5.41) is 0. The van der Waals surface area contributed by atoms with Gasteiger partial charge in [-0.2, -0.15) is 0 Å².